The Bertz CT molecular complexity index is 1910. The summed E-state index contributed by atoms with van der Waals surface area (Å²) in [5.41, 5.74) is 7.17. The van der Waals surface area contributed by atoms with Crippen LogP contribution in [0.25, 0.3) is 11.2 Å². The van der Waals surface area contributed by atoms with E-state index >= 15 is 0 Å². The van der Waals surface area contributed by atoms with Crippen LogP contribution in [0, 0.1) is 0 Å². The van der Waals surface area contributed by atoms with Gasteiger partial charge < -0.3 is 43.3 Å². The molecule has 7 rings (SSSR count). The largest absolute Gasteiger partial charge is 0.413 e. The number of nitrogen functional groups attached to an aromatic ring is 1. The van der Waals surface area contributed by atoms with E-state index in [1.165, 1.54) is 17.0 Å². The van der Waals surface area contributed by atoms with E-state index in [-0.39, 0.29) is 25.6 Å². The molecule has 0 amide bonds. The highest BCUT2D eigenvalue weighted by atomic mass is 28.4. The lowest BCUT2D eigenvalue weighted by Gasteiger charge is -2.43. The summed E-state index contributed by atoms with van der Waals surface area (Å²) in [6, 6.07) is 1.33. The van der Waals surface area contributed by atoms with Crippen LogP contribution in [0.2, 0.25) is 16.6 Å². The number of hydrogen-bond acceptors (Lipinski definition) is 14. The van der Waals surface area contributed by atoms with Crippen LogP contribution in [0.1, 0.15) is 87.4 Å². The molecular formula is C35H53N7O10Si. The molecule has 0 bridgehead atoms. The van der Waals surface area contributed by atoms with E-state index in [0.29, 0.717) is 33.5 Å². The van der Waals surface area contributed by atoms with Gasteiger partial charge in [-0.3, -0.25) is 18.9 Å². The third-order valence-electron chi connectivity index (χ3n) is 11.0. The highest BCUT2D eigenvalue weighted by Gasteiger charge is 2.58. The second-order valence-corrected chi connectivity index (χ2v) is 21.7. The normalized spacial score (nSPS) is 30.7. The molecule has 0 unspecified atom stereocenters. The fourth-order valence-electron chi connectivity index (χ4n) is 9.02. The lowest BCUT2D eigenvalue weighted by Crippen LogP contribution is -2.50. The summed E-state index contributed by atoms with van der Waals surface area (Å²) in [5, 5.41) is 0. The molecule has 0 radical (unpaired) electrons. The molecule has 53 heavy (non-hydrogen) atoms. The Labute approximate surface area is 308 Å². The fourth-order valence-corrected chi connectivity index (χ4v) is 14.5. The molecule has 0 aromatic carbocycles. The van der Waals surface area contributed by atoms with Gasteiger partial charge in [-0.15, -0.1) is 0 Å². The van der Waals surface area contributed by atoms with Crippen molar-refractivity contribution in [2.75, 3.05) is 18.9 Å². The van der Waals surface area contributed by atoms with Crippen molar-refractivity contribution in [3.05, 3.63) is 45.3 Å². The Morgan fingerprint density at radius 2 is 1.40 bits per heavy atom. The highest BCUT2D eigenvalue weighted by molar-refractivity contribution is 6.77. The van der Waals surface area contributed by atoms with Crippen LogP contribution in [-0.2, 0) is 44.2 Å². The number of hydrogen-bond donors (Lipinski definition) is 2. The Hall–Kier alpha value is -3.07. The monoisotopic (exact) mass is 759 g/mol. The maximum atomic E-state index is 13.6. The first-order valence-electron chi connectivity index (χ1n) is 18.4. The van der Waals surface area contributed by atoms with Crippen LogP contribution in [0.3, 0.4) is 0 Å². The summed E-state index contributed by atoms with van der Waals surface area (Å²) in [6.45, 7) is 20.9. The molecule has 3 aromatic rings. The van der Waals surface area contributed by atoms with Gasteiger partial charge in [0, 0.05) is 6.07 Å². The maximum absolute atomic E-state index is 13.6. The van der Waals surface area contributed by atoms with Crippen molar-refractivity contribution < 1.29 is 37.6 Å². The molecule has 0 saturated carbocycles. The quantitative estimate of drug-likeness (QED) is 0.254. The van der Waals surface area contributed by atoms with Crippen molar-refractivity contribution in [1.82, 2.24) is 29.1 Å². The van der Waals surface area contributed by atoms with Gasteiger partial charge in [0.2, 0.25) is 0 Å². The van der Waals surface area contributed by atoms with Gasteiger partial charge in [-0.2, -0.15) is 0 Å². The van der Waals surface area contributed by atoms with Crippen molar-refractivity contribution in [3.63, 3.8) is 0 Å². The van der Waals surface area contributed by atoms with Crippen molar-refractivity contribution in [3.8, 4) is 0 Å². The number of rotatable bonds is 12. The number of ether oxygens (including phenoxy) is 7. The molecular weight excluding hydrogens is 707 g/mol. The molecule has 3 N–H and O–H groups in total. The predicted molar refractivity (Wildman–Crippen MR) is 193 cm³/mol. The van der Waals surface area contributed by atoms with Gasteiger partial charge in [-0.1, -0.05) is 41.5 Å². The summed E-state index contributed by atoms with van der Waals surface area (Å²) in [5.74, 6) is -1.56. The molecule has 292 valence electrons. The molecule has 0 aliphatic carbocycles. The average Bonchev–Trinajstić information content (AvgIpc) is 3.84. The van der Waals surface area contributed by atoms with Crippen LogP contribution in [-0.4, -0.2) is 98.8 Å². The van der Waals surface area contributed by atoms with Gasteiger partial charge in [-0.25, -0.2) is 19.7 Å². The molecule has 17 nitrogen and oxygen atoms in total. The average molecular weight is 760 g/mol. The number of nitrogens with zero attached hydrogens (tertiary/aromatic N) is 5. The molecule has 4 saturated heterocycles. The number of aromatic amines is 1. The van der Waals surface area contributed by atoms with E-state index in [4.69, 9.17) is 43.3 Å². The summed E-state index contributed by atoms with van der Waals surface area (Å²) < 4.78 is 54.7. The standard InChI is InChI=1S/C35H53N7O10Si/c1-17(2)53(18(3)4,19(5)6)46-14-22-26-28(52-35(9,10)50-26)32(48-22)42-20(11-23(43)40-33(42)44)12-45-13-21-25-27(51-34(7,8)49-25)31(47-21)41-16-39-24-29(36)37-15-38-30(24)41/h11,15-19,21-22,25-28,31-32H,12-14H2,1-10H3,(H2,36,37,38)(H,40,43,44)/t21-,22-,25-,26-,27-,28-,31-,32-/m1/s1. The van der Waals surface area contributed by atoms with E-state index in [2.05, 4.69) is 61.5 Å². The van der Waals surface area contributed by atoms with Crippen LogP contribution in [0.4, 0.5) is 5.82 Å². The minimum Gasteiger partial charge on any atom is -0.413 e. The van der Waals surface area contributed by atoms with E-state index < -0.39 is 80.2 Å². The Kier molecular flexibility index (Phi) is 10.0. The van der Waals surface area contributed by atoms with Crippen LogP contribution >= 0.6 is 0 Å². The van der Waals surface area contributed by atoms with E-state index in [1.54, 1.807) is 10.9 Å². The van der Waals surface area contributed by atoms with Crippen LogP contribution in [0.5, 0.6) is 0 Å². The Morgan fingerprint density at radius 3 is 2.02 bits per heavy atom. The Balaban J connectivity index is 1.12. The van der Waals surface area contributed by atoms with Gasteiger partial charge >= 0.3 is 5.69 Å². The van der Waals surface area contributed by atoms with Crippen molar-refractivity contribution in [1.29, 1.82) is 0 Å². The topological polar surface area (TPSA) is 198 Å². The molecule has 18 heteroatoms. The van der Waals surface area contributed by atoms with E-state index in [9.17, 15) is 9.59 Å². The number of nitrogens with two attached hydrogens (primary N) is 1. The first kappa shape index (κ1) is 38.2. The molecule has 7 heterocycles. The minimum atomic E-state index is -2.25. The van der Waals surface area contributed by atoms with Crippen LogP contribution < -0.4 is 17.0 Å². The van der Waals surface area contributed by atoms with Gasteiger partial charge in [0.1, 0.15) is 48.5 Å². The van der Waals surface area contributed by atoms with Crippen molar-refractivity contribution in [2.45, 2.75) is 153 Å². The predicted octanol–water partition coefficient (Wildman–Crippen LogP) is 3.50. The Morgan fingerprint density at radius 1 is 0.830 bits per heavy atom. The summed E-state index contributed by atoms with van der Waals surface area (Å²) in [4.78, 5) is 41.5. The SMILES string of the molecule is CC(C)[Si](OC[C@H]1O[C@@H](n2c(COC[C@H]3O[C@@H](n4cnc5c(N)ncnc54)[C@@H]4OC(C)(C)O[C@@H]43)cc(=O)[nH]c2=O)[C@@H]2OC(C)(C)O[C@@H]21)(C(C)C)C(C)C. The summed E-state index contributed by atoms with van der Waals surface area (Å²) >= 11 is 0. The van der Waals surface area contributed by atoms with Gasteiger partial charge in [0.05, 0.1) is 31.8 Å². The van der Waals surface area contributed by atoms with E-state index in [1.807, 2.05) is 27.7 Å². The van der Waals surface area contributed by atoms with Crippen molar-refractivity contribution >= 4 is 25.3 Å². The molecule has 3 aromatic heterocycles. The molecule has 4 aliphatic heterocycles. The number of nitrogens with one attached hydrogen (secondary N) is 1. The zero-order valence-corrected chi connectivity index (χ0v) is 33.1. The number of H-pyrrole nitrogens is 1. The number of aromatic nitrogens is 6. The molecule has 4 aliphatic rings. The second kappa shape index (κ2) is 13.9. The fraction of sp³-hybridized carbons (Fsp3) is 0.743. The van der Waals surface area contributed by atoms with Gasteiger partial charge in [0.15, 0.2) is 43.8 Å². The first-order valence-corrected chi connectivity index (χ1v) is 20.6. The van der Waals surface area contributed by atoms with Crippen LogP contribution in [0.15, 0.2) is 28.3 Å². The third kappa shape index (κ3) is 6.79. The van der Waals surface area contributed by atoms with Crippen molar-refractivity contribution in [2.24, 2.45) is 0 Å². The lowest BCUT2D eigenvalue weighted by molar-refractivity contribution is -0.203. The second-order valence-electron chi connectivity index (χ2n) is 16.3. The minimum absolute atomic E-state index is 0.0504. The van der Waals surface area contributed by atoms with E-state index in [0.717, 1.165) is 0 Å². The van der Waals surface area contributed by atoms with Gasteiger partial charge in [0.25, 0.3) is 5.56 Å². The molecule has 4 fully saturated rings. The number of anilines is 1. The first-order chi connectivity index (χ1) is 24.9. The summed E-state index contributed by atoms with van der Waals surface area (Å²) in [7, 11) is -2.25. The zero-order valence-electron chi connectivity index (χ0n) is 32.1. The number of fused-ring (bicyclic) bond motifs is 3. The zero-order chi connectivity index (χ0) is 38.2. The third-order valence-corrected chi connectivity index (χ3v) is 17.0. The lowest BCUT2D eigenvalue weighted by atomic mass is 10.1. The smallest absolute Gasteiger partial charge is 0.330 e. The highest BCUT2D eigenvalue weighted by Crippen LogP contribution is 2.47. The summed E-state index contributed by atoms with van der Waals surface area (Å²) in [6.07, 6.45) is -1.90. The molecule has 0 spiro atoms. The molecule has 8 atom stereocenters. The maximum Gasteiger partial charge on any atom is 0.330 e. The van der Waals surface area contributed by atoms with Gasteiger partial charge in [-0.05, 0) is 44.3 Å². The number of imidazole rings is 1.